The molecule has 0 amide bonds. The first-order chi connectivity index (χ1) is 8.15. The van der Waals surface area contributed by atoms with Gasteiger partial charge in [0, 0.05) is 18.7 Å². The summed E-state index contributed by atoms with van der Waals surface area (Å²) in [5.41, 5.74) is 1.71. The quantitative estimate of drug-likeness (QED) is 0.789. The molecule has 0 radical (unpaired) electrons. The molecule has 6 heteroatoms. The van der Waals surface area contributed by atoms with Gasteiger partial charge in [0.2, 0.25) is 0 Å². The van der Waals surface area contributed by atoms with Crippen LogP contribution in [0.25, 0.3) is 5.65 Å². The summed E-state index contributed by atoms with van der Waals surface area (Å²) in [6, 6.07) is 1.40. The maximum absolute atomic E-state index is 11.7. The van der Waals surface area contributed by atoms with E-state index in [-0.39, 0.29) is 11.5 Å². The number of ketones is 1. The van der Waals surface area contributed by atoms with Crippen LogP contribution in [0.3, 0.4) is 0 Å². The van der Waals surface area contributed by atoms with Crippen molar-refractivity contribution >= 4 is 17.4 Å². The molecule has 6 nitrogen and oxygen atoms in total. The van der Waals surface area contributed by atoms with E-state index < -0.39 is 5.97 Å². The number of carbonyl (C=O) groups excluding carboxylic acids is 1. The molecule has 0 saturated heterocycles. The zero-order valence-corrected chi connectivity index (χ0v) is 8.88. The van der Waals surface area contributed by atoms with E-state index in [4.69, 9.17) is 5.11 Å². The van der Waals surface area contributed by atoms with Crippen LogP contribution in [0.2, 0.25) is 0 Å². The first-order valence-electron chi connectivity index (χ1n) is 5.31. The number of fused-ring (bicyclic) bond motifs is 2. The lowest BCUT2D eigenvalue weighted by Crippen LogP contribution is -2.14. The number of hydrogen-bond acceptors (Lipinski definition) is 4. The molecule has 0 aromatic carbocycles. The van der Waals surface area contributed by atoms with Crippen molar-refractivity contribution in [3.05, 3.63) is 29.2 Å². The summed E-state index contributed by atoms with van der Waals surface area (Å²) in [4.78, 5) is 26.7. The minimum absolute atomic E-state index is 0.0491. The number of aryl methyl sites for hydroxylation is 1. The standard InChI is InChI=1S/C11H9N3O3/c15-9-3-1-2-7-6(9)5-14-10(12-7)4-8(13-14)11(16)17/h4-5H,1-3H2,(H,16,17). The van der Waals surface area contributed by atoms with Crippen molar-refractivity contribution in [2.45, 2.75) is 19.3 Å². The van der Waals surface area contributed by atoms with Crippen LogP contribution in [0.5, 0.6) is 0 Å². The number of nitrogens with zero attached hydrogens (tertiary/aromatic N) is 3. The highest BCUT2D eigenvalue weighted by molar-refractivity contribution is 5.98. The van der Waals surface area contributed by atoms with Crippen molar-refractivity contribution < 1.29 is 14.7 Å². The van der Waals surface area contributed by atoms with Crippen LogP contribution >= 0.6 is 0 Å². The smallest absolute Gasteiger partial charge is 0.356 e. The molecule has 0 aliphatic heterocycles. The van der Waals surface area contributed by atoms with Gasteiger partial charge in [-0.15, -0.1) is 0 Å². The van der Waals surface area contributed by atoms with E-state index in [1.54, 1.807) is 6.20 Å². The van der Waals surface area contributed by atoms with Gasteiger partial charge < -0.3 is 5.11 Å². The summed E-state index contributed by atoms with van der Waals surface area (Å²) in [7, 11) is 0. The maximum Gasteiger partial charge on any atom is 0.356 e. The van der Waals surface area contributed by atoms with Gasteiger partial charge >= 0.3 is 5.97 Å². The molecule has 2 aromatic heterocycles. The predicted octanol–water partition coefficient (Wildman–Crippen LogP) is 0.946. The molecule has 0 spiro atoms. The lowest BCUT2D eigenvalue weighted by molar-refractivity contribution is 0.0690. The molecule has 0 fully saturated rings. The first-order valence-corrected chi connectivity index (χ1v) is 5.31. The van der Waals surface area contributed by atoms with Gasteiger partial charge in [-0.2, -0.15) is 5.10 Å². The van der Waals surface area contributed by atoms with Crippen LogP contribution in [0.4, 0.5) is 0 Å². The Bertz CT molecular complexity index is 645. The zero-order chi connectivity index (χ0) is 12.0. The topological polar surface area (TPSA) is 84.6 Å². The van der Waals surface area contributed by atoms with Crippen molar-refractivity contribution in [3.8, 4) is 0 Å². The predicted molar refractivity (Wildman–Crippen MR) is 57.2 cm³/mol. The Morgan fingerprint density at radius 1 is 1.41 bits per heavy atom. The van der Waals surface area contributed by atoms with E-state index in [0.29, 0.717) is 17.6 Å². The van der Waals surface area contributed by atoms with E-state index >= 15 is 0 Å². The monoisotopic (exact) mass is 231 g/mol. The van der Waals surface area contributed by atoms with Gasteiger partial charge in [-0.25, -0.2) is 14.3 Å². The third-order valence-corrected chi connectivity index (χ3v) is 2.86. The van der Waals surface area contributed by atoms with Crippen LogP contribution in [-0.4, -0.2) is 31.5 Å². The highest BCUT2D eigenvalue weighted by Crippen LogP contribution is 2.20. The van der Waals surface area contributed by atoms with E-state index in [2.05, 4.69) is 10.1 Å². The van der Waals surface area contributed by atoms with Crippen LogP contribution in [-0.2, 0) is 6.42 Å². The molecule has 1 aliphatic carbocycles. The molecule has 86 valence electrons. The van der Waals surface area contributed by atoms with Crippen LogP contribution in [0, 0.1) is 0 Å². The number of carboxylic acid groups (broad SMARTS) is 1. The molecule has 1 aliphatic rings. The molecule has 1 N–H and O–H groups in total. The van der Waals surface area contributed by atoms with Gasteiger partial charge in [0.05, 0.1) is 11.3 Å². The summed E-state index contributed by atoms with van der Waals surface area (Å²) in [5, 5.41) is 12.7. The Morgan fingerprint density at radius 3 is 3.00 bits per heavy atom. The number of carbonyl (C=O) groups is 2. The van der Waals surface area contributed by atoms with E-state index in [9.17, 15) is 9.59 Å². The lowest BCUT2D eigenvalue weighted by Gasteiger charge is -2.12. The molecule has 2 aromatic rings. The molecule has 0 bridgehead atoms. The summed E-state index contributed by atoms with van der Waals surface area (Å²) >= 11 is 0. The fourth-order valence-corrected chi connectivity index (χ4v) is 2.04. The largest absolute Gasteiger partial charge is 0.476 e. The van der Waals surface area contributed by atoms with Crippen molar-refractivity contribution in [1.29, 1.82) is 0 Å². The minimum atomic E-state index is -1.10. The Balaban J connectivity index is 2.24. The average molecular weight is 231 g/mol. The normalized spacial score (nSPS) is 14.9. The third-order valence-electron chi connectivity index (χ3n) is 2.86. The number of hydrogen-bond donors (Lipinski definition) is 1. The van der Waals surface area contributed by atoms with Gasteiger partial charge in [-0.3, -0.25) is 4.79 Å². The van der Waals surface area contributed by atoms with E-state index in [1.807, 2.05) is 0 Å². The summed E-state index contributed by atoms with van der Waals surface area (Å²) in [6.45, 7) is 0. The highest BCUT2D eigenvalue weighted by Gasteiger charge is 2.20. The summed E-state index contributed by atoms with van der Waals surface area (Å²) in [6.07, 6.45) is 3.65. The van der Waals surface area contributed by atoms with Gasteiger partial charge in [0.1, 0.15) is 0 Å². The van der Waals surface area contributed by atoms with Crippen molar-refractivity contribution in [1.82, 2.24) is 14.6 Å². The molecule has 0 atom stereocenters. The molecule has 0 unspecified atom stereocenters. The lowest BCUT2D eigenvalue weighted by atomic mass is 9.96. The number of aromatic nitrogens is 3. The van der Waals surface area contributed by atoms with Gasteiger partial charge in [0.15, 0.2) is 17.1 Å². The number of carboxylic acids is 1. The van der Waals surface area contributed by atoms with Crippen LogP contribution < -0.4 is 0 Å². The third kappa shape index (κ3) is 1.49. The van der Waals surface area contributed by atoms with Crippen molar-refractivity contribution in [2.75, 3.05) is 0 Å². The Hall–Kier alpha value is -2.24. The molecular weight excluding hydrogens is 222 g/mol. The van der Waals surface area contributed by atoms with Crippen molar-refractivity contribution in [2.24, 2.45) is 0 Å². The van der Waals surface area contributed by atoms with E-state index in [1.165, 1.54) is 10.6 Å². The van der Waals surface area contributed by atoms with Gasteiger partial charge in [-0.1, -0.05) is 0 Å². The molecule has 17 heavy (non-hydrogen) atoms. The van der Waals surface area contributed by atoms with E-state index in [0.717, 1.165) is 18.5 Å². The maximum atomic E-state index is 11.7. The van der Waals surface area contributed by atoms with Gasteiger partial charge in [-0.05, 0) is 12.8 Å². The zero-order valence-electron chi connectivity index (χ0n) is 8.88. The summed E-state index contributed by atoms with van der Waals surface area (Å²) < 4.78 is 1.35. The minimum Gasteiger partial charge on any atom is -0.476 e. The average Bonchev–Trinajstić information content (AvgIpc) is 2.70. The second kappa shape index (κ2) is 3.38. The summed E-state index contributed by atoms with van der Waals surface area (Å²) in [5.74, 6) is -1.05. The molecule has 0 saturated carbocycles. The SMILES string of the molecule is O=C(O)c1cc2nc3c(cn2n1)C(=O)CCC3. The van der Waals surface area contributed by atoms with Crippen LogP contribution in [0.1, 0.15) is 39.4 Å². The first kappa shape index (κ1) is 9.95. The van der Waals surface area contributed by atoms with Crippen molar-refractivity contribution in [3.63, 3.8) is 0 Å². The highest BCUT2D eigenvalue weighted by atomic mass is 16.4. The number of Topliss-reactive ketones (excluding diaryl/α,β-unsaturated/α-hetero) is 1. The number of aromatic carboxylic acids is 1. The Morgan fingerprint density at radius 2 is 2.24 bits per heavy atom. The second-order valence-corrected chi connectivity index (χ2v) is 4.02. The van der Waals surface area contributed by atoms with Crippen LogP contribution in [0.15, 0.2) is 12.3 Å². The Kier molecular flexibility index (Phi) is 1.98. The van der Waals surface area contributed by atoms with Gasteiger partial charge in [0.25, 0.3) is 0 Å². The Labute approximate surface area is 95.9 Å². The molecule has 2 heterocycles. The fraction of sp³-hybridized carbons (Fsp3) is 0.273. The molecule has 3 rings (SSSR count). The fourth-order valence-electron chi connectivity index (χ4n) is 2.04. The molecular formula is C11H9N3O3. The number of rotatable bonds is 1. The second-order valence-electron chi connectivity index (χ2n) is 4.02.